The Kier molecular flexibility index (Phi) is 6.36. The third kappa shape index (κ3) is 5.30. The topological polar surface area (TPSA) is 44.4 Å². The van der Waals surface area contributed by atoms with E-state index in [9.17, 15) is 4.79 Å². The highest BCUT2D eigenvalue weighted by molar-refractivity contribution is 5.99. The highest BCUT2D eigenvalue weighted by Crippen LogP contribution is 2.17. The highest BCUT2D eigenvalue weighted by atomic mass is 16.1. The summed E-state index contributed by atoms with van der Waals surface area (Å²) in [6.07, 6.45) is 0.959. The average Bonchev–Trinajstić information content (AvgIpc) is 2.35. The predicted molar refractivity (Wildman–Crippen MR) is 80.8 cm³/mol. The number of hydrogen-bond donors (Lipinski definition) is 2. The molecule has 0 unspecified atom stereocenters. The Morgan fingerprint density at radius 2 is 2.05 bits per heavy atom. The summed E-state index contributed by atoms with van der Waals surface area (Å²) in [5.41, 5.74) is 2.78. The van der Waals surface area contributed by atoms with Gasteiger partial charge in [0.05, 0.1) is 5.56 Å². The molecule has 4 nitrogen and oxygen atoms in total. The van der Waals surface area contributed by atoms with Crippen molar-refractivity contribution < 1.29 is 4.79 Å². The fourth-order valence-electron chi connectivity index (χ4n) is 1.89. The van der Waals surface area contributed by atoms with Gasteiger partial charge >= 0.3 is 0 Å². The SMILES string of the molecule is CCNc1cc(C)ccc1C(=O)NCCCN(C)C. The molecule has 0 aliphatic carbocycles. The fourth-order valence-corrected chi connectivity index (χ4v) is 1.89. The van der Waals surface area contributed by atoms with E-state index in [1.807, 2.05) is 46.1 Å². The van der Waals surface area contributed by atoms with E-state index < -0.39 is 0 Å². The molecule has 0 bridgehead atoms. The molecule has 0 fully saturated rings. The predicted octanol–water partition coefficient (Wildman–Crippen LogP) is 2.11. The lowest BCUT2D eigenvalue weighted by Crippen LogP contribution is -2.27. The van der Waals surface area contributed by atoms with Crippen LogP contribution in [0.3, 0.4) is 0 Å². The first-order valence-corrected chi connectivity index (χ1v) is 6.82. The van der Waals surface area contributed by atoms with Crippen LogP contribution in [-0.2, 0) is 0 Å². The van der Waals surface area contributed by atoms with Crippen molar-refractivity contribution in [2.45, 2.75) is 20.3 Å². The minimum absolute atomic E-state index is 0.00490. The minimum atomic E-state index is -0.00490. The van der Waals surface area contributed by atoms with E-state index in [1.165, 1.54) is 0 Å². The molecule has 1 aromatic rings. The summed E-state index contributed by atoms with van der Waals surface area (Å²) >= 11 is 0. The van der Waals surface area contributed by atoms with Gasteiger partial charge in [-0.05, 0) is 58.6 Å². The van der Waals surface area contributed by atoms with Crippen LogP contribution >= 0.6 is 0 Å². The van der Waals surface area contributed by atoms with Gasteiger partial charge < -0.3 is 15.5 Å². The molecule has 106 valence electrons. The number of amides is 1. The summed E-state index contributed by atoms with van der Waals surface area (Å²) in [6.45, 7) is 6.55. The van der Waals surface area contributed by atoms with Crippen LogP contribution in [0.25, 0.3) is 0 Å². The van der Waals surface area contributed by atoms with Crippen LogP contribution in [0.5, 0.6) is 0 Å². The fraction of sp³-hybridized carbons (Fsp3) is 0.533. The van der Waals surface area contributed by atoms with Crippen LogP contribution in [-0.4, -0.2) is 44.5 Å². The molecule has 19 heavy (non-hydrogen) atoms. The maximum absolute atomic E-state index is 12.1. The zero-order valence-corrected chi connectivity index (χ0v) is 12.4. The van der Waals surface area contributed by atoms with Crippen molar-refractivity contribution in [3.8, 4) is 0 Å². The second-order valence-electron chi connectivity index (χ2n) is 4.99. The van der Waals surface area contributed by atoms with Gasteiger partial charge in [-0.3, -0.25) is 4.79 Å². The van der Waals surface area contributed by atoms with Crippen molar-refractivity contribution in [2.75, 3.05) is 39.0 Å². The zero-order valence-electron chi connectivity index (χ0n) is 12.4. The Balaban J connectivity index is 2.60. The maximum Gasteiger partial charge on any atom is 0.253 e. The molecule has 2 N–H and O–H groups in total. The van der Waals surface area contributed by atoms with Gasteiger partial charge in [0.15, 0.2) is 0 Å². The molecule has 0 saturated heterocycles. The average molecular weight is 263 g/mol. The standard InChI is InChI=1S/C15H25N3O/c1-5-16-14-11-12(2)7-8-13(14)15(19)17-9-6-10-18(3)4/h7-8,11,16H,5-6,9-10H2,1-4H3,(H,17,19). The van der Waals surface area contributed by atoms with Crippen molar-refractivity contribution in [2.24, 2.45) is 0 Å². The lowest BCUT2D eigenvalue weighted by molar-refractivity contribution is 0.0953. The normalized spacial score (nSPS) is 10.6. The summed E-state index contributed by atoms with van der Waals surface area (Å²) in [4.78, 5) is 14.2. The second kappa shape index (κ2) is 7.79. The van der Waals surface area contributed by atoms with Crippen LogP contribution in [0.1, 0.15) is 29.3 Å². The molecule has 0 saturated carbocycles. The molecule has 0 aliphatic heterocycles. The van der Waals surface area contributed by atoms with Gasteiger partial charge in [0.25, 0.3) is 5.91 Å². The van der Waals surface area contributed by atoms with Crippen molar-refractivity contribution >= 4 is 11.6 Å². The molecular formula is C15H25N3O. The molecular weight excluding hydrogens is 238 g/mol. The molecule has 0 atom stereocenters. The van der Waals surface area contributed by atoms with Gasteiger partial charge in [0.1, 0.15) is 0 Å². The molecule has 1 rings (SSSR count). The summed E-state index contributed by atoms with van der Waals surface area (Å²) in [5, 5.41) is 6.20. The number of nitrogens with zero attached hydrogens (tertiary/aromatic N) is 1. The van der Waals surface area contributed by atoms with E-state index in [2.05, 4.69) is 15.5 Å². The molecule has 0 aromatic heterocycles. The number of benzene rings is 1. The van der Waals surface area contributed by atoms with Crippen LogP contribution < -0.4 is 10.6 Å². The van der Waals surface area contributed by atoms with Gasteiger partial charge in [-0.1, -0.05) is 6.07 Å². The van der Waals surface area contributed by atoms with Gasteiger partial charge in [-0.25, -0.2) is 0 Å². The molecule has 0 aliphatic rings. The first-order valence-electron chi connectivity index (χ1n) is 6.82. The quantitative estimate of drug-likeness (QED) is 0.741. The summed E-state index contributed by atoms with van der Waals surface area (Å²) in [6, 6.07) is 5.86. The number of nitrogens with one attached hydrogen (secondary N) is 2. The second-order valence-corrected chi connectivity index (χ2v) is 4.99. The smallest absolute Gasteiger partial charge is 0.253 e. The first kappa shape index (κ1) is 15.5. The lowest BCUT2D eigenvalue weighted by atomic mass is 10.1. The monoisotopic (exact) mass is 263 g/mol. The number of carbonyl (C=O) groups is 1. The van der Waals surface area contributed by atoms with Gasteiger partial charge in [-0.15, -0.1) is 0 Å². The van der Waals surface area contributed by atoms with E-state index in [0.717, 1.165) is 36.3 Å². The van der Waals surface area contributed by atoms with Crippen molar-refractivity contribution in [1.82, 2.24) is 10.2 Å². The summed E-state index contributed by atoms with van der Waals surface area (Å²) in [5.74, 6) is -0.00490. The Bertz CT molecular complexity index is 416. The van der Waals surface area contributed by atoms with E-state index in [-0.39, 0.29) is 5.91 Å². The largest absolute Gasteiger partial charge is 0.385 e. The van der Waals surface area contributed by atoms with E-state index in [1.54, 1.807) is 0 Å². The molecule has 1 aromatic carbocycles. The minimum Gasteiger partial charge on any atom is -0.385 e. The molecule has 1 amide bonds. The van der Waals surface area contributed by atoms with E-state index >= 15 is 0 Å². The zero-order chi connectivity index (χ0) is 14.3. The molecule has 0 spiro atoms. The van der Waals surface area contributed by atoms with Crippen molar-refractivity contribution in [1.29, 1.82) is 0 Å². The maximum atomic E-state index is 12.1. The Morgan fingerprint density at radius 3 is 2.68 bits per heavy atom. The van der Waals surface area contributed by atoms with E-state index in [0.29, 0.717) is 6.54 Å². The Labute approximate surface area is 116 Å². The first-order chi connectivity index (χ1) is 9.04. The number of anilines is 1. The third-order valence-electron chi connectivity index (χ3n) is 2.85. The highest BCUT2D eigenvalue weighted by Gasteiger charge is 2.10. The summed E-state index contributed by atoms with van der Waals surface area (Å²) in [7, 11) is 4.07. The molecule has 4 heteroatoms. The number of aryl methyl sites for hydroxylation is 1. The van der Waals surface area contributed by atoms with Gasteiger partial charge in [-0.2, -0.15) is 0 Å². The van der Waals surface area contributed by atoms with Crippen molar-refractivity contribution in [3.63, 3.8) is 0 Å². The van der Waals surface area contributed by atoms with Gasteiger partial charge in [0.2, 0.25) is 0 Å². The Hall–Kier alpha value is -1.55. The van der Waals surface area contributed by atoms with E-state index in [4.69, 9.17) is 0 Å². The van der Waals surface area contributed by atoms with Crippen molar-refractivity contribution in [3.05, 3.63) is 29.3 Å². The lowest BCUT2D eigenvalue weighted by Gasteiger charge is -2.13. The number of rotatable bonds is 7. The van der Waals surface area contributed by atoms with Crippen LogP contribution in [0.15, 0.2) is 18.2 Å². The Morgan fingerprint density at radius 1 is 1.32 bits per heavy atom. The number of hydrogen-bond acceptors (Lipinski definition) is 3. The number of carbonyl (C=O) groups excluding carboxylic acids is 1. The molecule has 0 radical (unpaired) electrons. The van der Waals surface area contributed by atoms with Crippen LogP contribution in [0, 0.1) is 6.92 Å². The summed E-state index contributed by atoms with van der Waals surface area (Å²) < 4.78 is 0. The third-order valence-corrected chi connectivity index (χ3v) is 2.85. The van der Waals surface area contributed by atoms with Gasteiger partial charge in [0, 0.05) is 18.8 Å². The van der Waals surface area contributed by atoms with Crippen LogP contribution in [0.4, 0.5) is 5.69 Å². The van der Waals surface area contributed by atoms with Crippen LogP contribution in [0.2, 0.25) is 0 Å². The molecule has 0 heterocycles.